The van der Waals surface area contributed by atoms with Crippen molar-refractivity contribution in [3.63, 3.8) is 0 Å². The molecule has 1 rings (SSSR count). The van der Waals surface area contributed by atoms with Crippen molar-refractivity contribution in [3.8, 4) is 0 Å². The molecule has 0 aromatic heterocycles. The Balaban J connectivity index is 2.89. The zero-order valence-electron chi connectivity index (χ0n) is 11.7. The largest absolute Gasteiger partial charge is 0.394 e. The Bertz CT molecular complexity index is 316. The fraction of sp³-hybridized carbons (Fsp3) is 0.917. The molecule has 7 heteroatoms. The van der Waals surface area contributed by atoms with Crippen LogP contribution >= 0.6 is 0 Å². The number of ether oxygens (including phenoxy) is 2. The number of carbonyl (C=O) groups is 1. The van der Waals surface area contributed by atoms with Crippen LogP contribution in [0.3, 0.4) is 0 Å². The Morgan fingerprint density at radius 1 is 1.32 bits per heavy atom. The highest BCUT2D eigenvalue weighted by Gasteiger charge is 2.46. The SMILES string of the molecule is CC(=O)NC1[C@@H](OC(C)(C)C)OC(CO)[C@H](O)[C@@H]1O. The predicted molar refractivity (Wildman–Crippen MR) is 66.2 cm³/mol. The van der Waals surface area contributed by atoms with Gasteiger partial charge in [-0.1, -0.05) is 0 Å². The van der Waals surface area contributed by atoms with Gasteiger partial charge in [0.05, 0.1) is 12.2 Å². The van der Waals surface area contributed by atoms with Gasteiger partial charge in [0.1, 0.15) is 24.4 Å². The summed E-state index contributed by atoms with van der Waals surface area (Å²) in [5, 5.41) is 31.4. The lowest BCUT2D eigenvalue weighted by molar-refractivity contribution is -0.292. The minimum absolute atomic E-state index is 0.371. The highest BCUT2D eigenvalue weighted by atomic mass is 16.7. The van der Waals surface area contributed by atoms with Gasteiger partial charge in [-0.3, -0.25) is 4.79 Å². The summed E-state index contributed by atoms with van der Waals surface area (Å²) < 4.78 is 11.0. The van der Waals surface area contributed by atoms with Crippen molar-refractivity contribution in [1.82, 2.24) is 5.32 Å². The van der Waals surface area contributed by atoms with Crippen molar-refractivity contribution >= 4 is 5.91 Å². The first-order valence-corrected chi connectivity index (χ1v) is 6.23. The average Bonchev–Trinajstić information content (AvgIpc) is 2.26. The highest BCUT2D eigenvalue weighted by Crippen LogP contribution is 2.25. The molecule has 0 aromatic carbocycles. The maximum absolute atomic E-state index is 11.2. The maximum Gasteiger partial charge on any atom is 0.217 e. The molecule has 0 aromatic rings. The van der Waals surface area contributed by atoms with E-state index in [1.165, 1.54) is 6.92 Å². The monoisotopic (exact) mass is 277 g/mol. The third kappa shape index (κ3) is 4.39. The minimum atomic E-state index is -1.29. The number of nitrogens with one attached hydrogen (secondary N) is 1. The van der Waals surface area contributed by atoms with Gasteiger partial charge in [-0.25, -0.2) is 0 Å². The molecule has 4 N–H and O–H groups in total. The second-order valence-electron chi connectivity index (χ2n) is 5.66. The molecule has 0 radical (unpaired) electrons. The third-order valence-corrected chi connectivity index (χ3v) is 2.72. The molecular formula is C12H23NO6. The van der Waals surface area contributed by atoms with Crippen molar-refractivity contribution in [2.45, 2.75) is 63.9 Å². The molecule has 0 saturated carbocycles. The molecule has 1 saturated heterocycles. The van der Waals surface area contributed by atoms with E-state index in [0.717, 1.165) is 0 Å². The van der Waals surface area contributed by atoms with Gasteiger partial charge in [-0.05, 0) is 20.8 Å². The van der Waals surface area contributed by atoms with Crippen molar-refractivity contribution in [1.29, 1.82) is 0 Å². The van der Waals surface area contributed by atoms with Gasteiger partial charge in [0.25, 0.3) is 0 Å². The summed E-state index contributed by atoms with van der Waals surface area (Å²) in [5.74, 6) is -0.371. The van der Waals surface area contributed by atoms with Crippen LogP contribution in [0, 0.1) is 0 Å². The zero-order chi connectivity index (χ0) is 14.8. The van der Waals surface area contributed by atoms with Crippen LogP contribution in [0.15, 0.2) is 0 Å². The van der Waals surface area contributed by atoms with E-state index >= 15 is 0 Å². The number of amides is 1. The first-order chi connectivity index (χ1) is 8.65. The molecule has 0 aliphatic carbocycles. The molecule has 1 aliphatic heterocycles. The van der Waals surface area contributed by atoms with Crippen LogP contribution in [0.4, 0.5) is 0 Å². The normalized spacial score (nSPS) is 36.1. The van der Waals surface area contributed by atoms with E-state index in [4.69, 9.17) is 14.6 Å². The average molecular weight is 277 g/mol. The number of carbonyl (C=O) groups excluding carboxylic acids is 1. The van der Waals surface area contributed by atoms with E-state index in [2.05, 4.69) is 5.32 Å². The van der Waals surface area contributed by atoms with Crippen LogP contribution in [-0.2, 0) is 14.3 Å². The minimum Gasteiger partial charge on any atom is -0.394 e. The number of hydrogen-bond acceptors (Lipinski definition) is 6. The Kier molecular flexibility index (Phi) is 5.28. The van der Waals surface area contributed by atoms with Crippen LogP contribution in [0.2, 0.25) is 0 Å². The number of aliphatic hydroxyl groups excluding tert-OH is 3. The number of rotatable bonds is 3. The summed E-state index contributed by atoms with van der Waals surface area (Å²) in [6.07, 6.45) is -4.46. The molecule has 5 atom stereocenters. The van der Waals surface area contributed by atoms with Gasteiger partial charge >= 0.3 is 0 Å². The van der Waals surface area contributed by atoms with Gasteiger partial charge < -0.3 is 30.1 Å². The third-order valence-electron chi connectivity index (χ3n) is 2.72. The molecule has 19 heavy (non-hydrogen) atoms. The second kappa shape index (κ2) is 6.15. The molecule has 7 nitrogen and oxygen atoms in total. The zero-order valence-corrected chi connectivity index (χ0v) is 11.7. The molecule has 1 aliphatic rings. The van der Waals surface area contributed by atoms with Crippen LogP contribution in [0.5, 0.6) is 0 Å². The van der Waals surface area contributed by atoms with Gasteiger partial charge in [-0.2, -0.15) is 0 Å². The number of aliphatic hydroxyl groups is 3. The standard InChI is InChI=1S/C12H23NO6/c1-6(15)13-8-10(17)9(16)7(5-14)18-11(8)19-12(2,3)4/h7-11,14,16-17H,5H2,1-4H3,(H,13,15)/t7?,8?,9-,10+,11+/m0/s1. The van der Waals surface area contributed by atoms with Crippen LogP contribution < -0.4 is 5.32 Å². The summed E-state index contributed by atoms with van der Waals surface area (Å²) in [7, 11) is 0. The van der Waals surface area contributed by atoms with E-state index in [9.17, 15) is 15.0 Å². The summed E-state index contributed by atoms with van der Waals surface area (Å²) in [6.45, 7) is 6.24. The van der Waals surface area contributed by atoms with Gasteiger partial charge in [-0.15, -0.1) is 0 Å². The lowest BCUT2D eigenvalue weighted by Gasteiger charge is -2.44. The molecule has 2 unspecified atom stereocenters. The summed E-state index contributed by atoms with van der Waals surface area (Å²) >= 11 is 0. The molecule has 112 valence electrons. The van der Waals surface area contributed by atoms with Crippen molar-refractivity contribution in [3.05, 3.63) is 0 Å². The topological polar surface area (TPSA) is 108 Å². The lowest BCUT2D eigenvalue weighted by atomic mass is 9.96. The smallest absolute Gasteiger partial charge is 0.217 e. The van der Waals surface area contributed by atoms with E-state index in [1.807, 2.05) is 0 Å². The Hall–Kier alpha value is -0.730. The first-order valence-electron chi connectivity index (χ1n) is 6.23. The molecule has 0 spiro atoms. The summed E-state index contributed by atoms with van der Waals surface area (Å²) in [5.41, 5.74) is -0.566. The summed E-state index contributed by atoms with van der Waals surface area (Å²) in [4.78, 5) is 11.2. The van der Waals surface area contributed by atoms with E-state index in [1.54, 1.807) is 20.8 Å². The highest BCUT2D eigenvalue weighted by molar-refractivity contribution is 5.73. The maximum atomic E-state index is 11.2. The Morgan fingerprint density at radius 3 is 2.32 bits per heavy atom. The van der Waals surface area contributed by atoms with Crippen LogP contribution in [0.1, 0.15) is 27.7 Å². The Morgan fingerprint density at radius 2 is 1.89 bits per heavy atom. The molecule has 1 heterocycles. The van der Waals surface area contributed by atoms with Gasteiger partial charge in [0, 0.05) is 6.92 Å². The molecule has 0 bridgehead atoms. The molecule has 1 fully saturated rings. The summed E-state index contributed by atoms with van der Waals surface area (Å²) in [6, 6.07) is -0.894. The molecule has 1 amide bonds. The van der Waals surface area contributed by atoms with Crippen LogP contribution in [0.25, 0.3) is 0 Å². The van der Waals surface area contributed by atoms with Crippen molar-refractivity contribution < 1.29 is 29.6 Å². The Labute approximate surface area is 112 Å². The van der Waals surface area contributed by atoms with Crippen molar-refractivity contribution in [2.75, 3.05) is 6.61 Å². The van der Waals surface area contributed by atoms with Gasteiger partial charge in [0.15, 0.2) is 6.29 Å². The fourth-order valence-electron chi connectivity index (χ4n) is 1.92. The first kappa shape index (κ1) is 16.3. The lowest BCUT2D eigenvalue weighted by Crippen LogP contribution is -2.65. The van der Waals surface area contributed by atoms with Crippen molar-refractivity contribution in [2.24, 2.45) is 0 Å². The van der Waals surface area contributed by atoms with Gasteiger partial charge in [0.2, 0.25) is 5.91 Å². The quantitative estimate of drug-likeness (QED) is 0.513. The second-order valence-corrected chi connectivity index (χ2v) is 5.66. The van der Waals surface area contributed by atoms with E-state index in [0.29, 0.717) is 0 Å². The fourth-order valence-corrected chi connectivity index (χ4v) is 1.92. The molecular weight excluding hydrogens is 254 g/mol. The number of hydrogen-bond donors (Lipinski definition) is 4. The van der Waals surface area contributed by atoms with E-state index in [-0.39, 0.29) is 5.91 Å². The van der Waals surface area contributed by atoms with E-state index < -0.39 is 42.9 Å². The van der Waals surface area contributed by atoms with Crippen LogP contribution in [-0.4, -0.2) is 64.1 Å². The predicted octanol–water partition coefficient (Wildman–Crippen LogP) is -1.25.